The van der Waals surface area contributed by atoms with Gasteiger partial charge in [0.25, 0.3) is 0 Å². The summed E-state index contributed by atoms with van der Waals surface area (Å²) >= 11 is 8.18. The van der Waals surface area contributed by atoms with Crippen molar-refractivity contribution in [2.24, 2.45) is 0 Å². The number of rotatable bonds is 3. The molecule has 0 saturated carbocycles. The van der Waals surface area contributed by atoms with Gasteiger partial charge in [-0.15, -0.1) is 11.6 Å². The summed E-state index contributed by atoms with van der Waals surface area (Å²) in [5.74, 6) is 1.37. The van der Waals surface area contributed by atoms with Gasteiger partial charge >= 0.3 is 0 Å². The maximum atomic E-state index is 9.34. The number of nitrogens with zero attached hydrogens (tertiary/aromatic N) is 3. The van der Waals surface area contributed by atoms with Gasteiger partial charge in [0, 0.05) is 15.9 Å². The van der Waals surface area contributed by atoms with Crippen LogP contribution in [0.3, 0.4) is 0 Å². The molecule has 3 nitrogen and oxygen atoms in total. The fraction of sp³-hybridized carbons (Fsp3) is 0.125. The Kier molecular flexibility index (Phi) is 4.13. The van der Waals surface area contributed by atoms with Crippen molar-refractivity contribution in [3.05, 3.63) is 57.4 Å². The Labute approximate surface area is 141 Å². The molecule has 104 valence electrons. The first-order valence-electron chi connectivity index (χ1n) is 6.47. The largest absolute Gasteiger partial charge is 0.295 e. The Balaban J connectivity index is 2.34. The number of hydrogen-bond acceptors (Lipinski definition) is 2. The van der Waals surface area contributed by atoms with E-state index in [1.54, 1.807) is 0 Å². The lowest BCUT2D eigenvalue weighted by molar-refractivity contribution is 0.910. The predicted molar refractivity (Wildman–Crippen MR) is 92.9 cm³/mol. The van der Waals surface area contributed by atoms with E-state index < -0.39 is 0 Å². The molecule has 0 aliphatic heterocycles. The molecule has 0 saturated heterocycles. The first-order chi connectivity index (χ1) is 10.2. The van der Waals surface area contributed by atoms with Crippen molar-refractivity contribution in [2.45, 2.75) is 6.42 Å². The lowest BCUT2D eigenvalue weighted by Crippen LogP contribution is -2.04. The van der Waals surface area contributed by atoms with E-state index in [4.69, 9.17) is 11.6 Å². The van der Waals surface area contributed by atoms with Crippen molar-refractivity contribution in [1.29, 1.82) is 5.26 Å². The second-order valence-electron chi connectivity index (χ2n) is 4.56. The van der Waals surface area contributed by atoms with Gasteiger partial charge in [-0.1, -0.05) is 12.1 Å². The summed E-state index contributed by atoms with van der Waals surface area (Å²) in [6.07, 6.45) is 0.659. The van der Waals surface area contributed by atoms with Crippen molar-refractivity contribution in [1.82, 2.24) is 9.55 Å². The second kappa shape index (κ2) is 6.04. The van der Waals surface area contributed by atoms with Crippen LogP contribution in [-0.2, 0) is 6.42 Å². The average molecular weight is 408 g/mol. The number of hydrogen-bond donors (Lipinski definition) is 0. The minimum absolute atomic E-state index is 0.495. The number of para-hydroxylation sites is 1. The lowest BCUT2D eigenvalue weighted by atomic mass is 10.2. The molecule has 1 heterocycles. The van der Waals surface area contributed by atoms with E-state index in [1.165, 1.54) is 0 Å². The van der Waals surface area contributed by atoms with E-state index in [9.17, 15) is 5.26 Å². The standard InChI is InChI=1S/C16H11ClIN3/c17-8-7-16-20-13-9-12(18)5-6-15(13)21(16)14-4-2-1-3-11(14)10-19/h1-6,9H,7-8H2. The Morgan fingerprint density at radius 3 is 2.81 bits per heavy atom. The van der Waals surface area contributed by atoms with Crippen LogP contribution in [-0.4, -0.2) is 15.4 Å². The number of benzene rings is 2. The third kappa shape index (κ3) is 2.63. The molecule has 3 rings (SSSR count). The van der Waals surface area contributed by atoms with Crippen LogP contribution in [0.5, 0.6) is 0 Å². The van der Waals surface area contributed by atoms with E-state index in [0.29, 0.717) is 17.9 Å². The summed E-state index contributed by atoms with van der Waals surface area (Å²) in [4.78, 5) is 4.68. The number of imidazole rings is 1. The van der Waals surface area contributed by atoms with Crippen molar-refractivity contribution in [2.75, 3.05) is 5.88 Å². The SMILES string of the molecule is N#Cc1ccccc1-n1c(CCCl)nc2cc(I)ccc21. The molecule has 0 aliphatic carbocycles. The summed E-state index contributed by atoms with van der Waals surface area (Å²) in [5, 5.41) is 9.34. The van der Waals surface area contributed by atoms with Gasteiger partial charge in [-0.25, -0.2) is 4.98 Å². The number of alkyl halides is 1. The van der Waals surface area contributed by atoms with Gasteiger partial charge < -0.3 is 0 Å². The lowest BCUT2D eigenvalue weighted by Gasteiger charge is -2.10. The highest BCUT2D eigenvalue weighted by atomic mass is 127. The molecule has 21 heavy (non-hydrogen) atoms. The molecule has 0 unspecified atom stereocenters. The molecular weight excluding hydrogens is 397 g/mol. The number of nitriles is 1. The summed E-state index contributed by atoms with van der Waals surface area (Å²) in [7, 11) is 0. The van der Waals surface area contributed by atoms with Gasteiger partial charge in [0.2, 0.25) is 0 Å². The summed E-state index contributed by atoms with van der Waals surface area (Å²) < 4.78 is 3.17. The van der Waals surface area contributed by atoms with E-state index in [0.717, 1.165) is 26.1 Å². The second-order valence-corrected chi connectivity index (χ2v) is 6.19. The third-order valence-corrected chi connectivity index (χ3v) is 4.13. The normalized spacial score (nSPS) is 10.7. The summed E-state index contributed by atoms with van der Waals surface area (Å²) in [6, 6.07) is 15.9. The minimum Gasteiger partial charge on any atom is -0.295 e. The number of fused-ring (bicyclic) bond motifs is 1. The van der Waals surface area contributed by atoms with E-state index >= 15 is 0 Å². The molecule has 0 radical (unpaired) electrons. The van der Waals surface area contributed by atoms with Gasteiger partial charge in [0.15, 0.2) is 0 Å². The molecule has 1 aromatic heterocycles. The topological polar surface area (TPSA) is 41.6 Å². The number of aryl methyl sites for hydroxylation is 1. The van der Waals surface area contributed by atoms with Crippen molar-refractivity contribution < 1.29 is 0 Å². The van der Waals surface area contributed by atoms with Gasteiger partial charge in [-0.2, -0.15) is 5.26 Å². The Morgan fingerprint density at radius 1 is 1.24 bits per heavy atom. The van der Waals surface area contributed by atoms with E-state index in [-0.39, 0.29) is 0 Å². The first-order valence-corrected chi connectivity index (χ1v) is 8.08. The maximum Gasteiger partial charge on any atom is 0.115 e. The van der Waals surface area contributed by atoms with Crippen LogP contribution in [0.4, 0.5) is 0 Å². The molecule has 2 aromatic carbocycles. The van der Waals surface area contributed by atoms with Gasteiger partial charge in [-0.05, 0) is 52.9 Å². The molecule has 0 spiro atoms. The van der Waals surface area contributed by atoms with Crippen LogP contribution < -0.4 is 0 Å². The van der Waals surface area contributed by atoms with Gasteiger partial charge in [0.05, 0.1) is 22.3 Å². The van der Waals surface area contributed by atoms with E-state index in [2.05, 4.69) is 33.6 Å². The highest BCUT2D eigenvalue weighted by Crippen LogP contribution is 2.25. The molecule has 3 aromatic rings. The molecule has 0 bridgehead atoms. The fourth-order valence-electron chi connectivity index (χ4n) is 2.39. The van der Waals surface area contributed by atoms with Gasteiger partial charge in [-0.3, -0.25) is 4.57 Å². The van der Waals surface area contributed by atoms with E-state index in [1.807, 2.05) is 47.0 Å². The Bertz CT molecular complexity index is 848. The fourth-order valence-corrected chi connectivity index (χ4v) is 3.03. The molecule has 0 aliphatic rings. The van der Waals surface area contributed by atoms with Crippen molar-refractivity contribution >= 4 is 45.2 Å². The first kappa shape index (κ1) is 14.4. The van der Waals surface area contributed by atoms with Crippen molar-refractivity contribution in [3.8, 4) is 11.8 Å². The smallest absolute Gasteiger partial charge is 0.115 e. The summed E-state index contributed by atoms with van der Waals surface area (Å²) in [6.45, 7) is 0. The molecule has 5 heteroatoms. The zero-order chi connectivity index (χ0) is 14.8. The van der Waals surface area contributed by atoms with Crippen molar-refractivity contribution in [3.63, 3.8) is 0 Å². The average Bonchev–Trinajstić information content (AvgIpc) is 2.84. The molecular formula is C16H11ClIN3. The van der Waals surface area contributed by atoms with Crippen LogP contribution in [0.15, 0.2) is 42.5 Å². The quantitative estimate of drug-likeness (QED) is 0.480. The number of halogens is 2. The molecule has 0 amide bonds. The monoisotopic (exact) mass is 407 g/mol. The van der Waals surface area contributed by atoms with Gasteiger partial charge in [0.1, 0.15) is 11.9 Å². The maximum absolute atomic E-state index is 9.34. The van der Waals surface area contributed by atoms with Crippen LogP contribution in [0, 0.1) is 14.9 Å². The van der Waals surface area contributed by atoms with Crippen LogP contribution in [0.1, 0.15) is 11.4 Å². The predicted octanol–water partition coefficient (Wildman–Crippen LogP) is 4.28. The minimum atomic E-state index is 0.495. The summed E-state index contributed by atoms with van der Waals surface area (Å²) in [5.41, 5.74) is 3.41. The Morgan fingerprint density at radius 2 is 2.05 bits per heavy atom. The third-order valence-electron chi connectivity index (χ3n) is 3.27. The highest BCUT2D eigenvalue weighted by Gasteiger charge is 2.14. The van der Waals surface area contributed by atoms with Crippen LogP contribution in [0.2, 0.25) is 0 Å². The molecule has 0 N–H and O–H groups in total. The molecule has 0 fully saturated rings. The van der Waals surface area contributed by atoms with Crippen LogP contribution >= 0.6 is 34.2 Å². The Hall–Kier alpha value is -1.58. The zero-order valence-electron chi connectivity index (χ0n) is 11.1. The van der Waals surface area contributed by atoms with Crippen LogP contribution in [0.25, 0.3) is 16.7 Å². The zero-order valence-corrected chi connectivity index (χ0v) is 14.0. The number of aromatic nitrogens is 2. The highest BCUT2D eigenvalue weighted by molar-refractivity contribution is 14.1. The molecule has 0 atom stereocenters.